The van der Waals surface area contributed by atoms with Crippen LogP contribution in [0.1, 0.15) is 28.1 Å². The topological polar surface area (TPSA) is 82.1 Å². The molecular weight excluding hydrogens is 446 g/mol. The molecule has 5 rings (SSSR count). The fraction of sp³-hybridized carbons (Fsp3) is 0.192. The van der Waals surface area contributed by atoms with E-state index in [0.717, 1.165) is 28.1 Å². The summed E-state index contributed by atoms with van der Waals surface area (Å²) in [5, 5.41) is 1.02. The fourth-order valence-electron chi connectivity index (χ4n) is 4.13. The summed E-state index contributed by atoms with van der Waals surface area (Å²) in [6, 6.07) is 14.9. The first-order valence-electron chi connectivity index (χ1n) is 10.9. The van der Waals surface area contributed by atoms with E-state index in [1.54, 1.807) is 18.3 Å². The second-order valence-corrected chi connectivity index (χ2v) is 9.28. The highest BCUT2D eigenvalue weighted by Crippen LogP contribution is 2.29. The number of nitrogens with zero attached hydrogens (tertiary/aromatic N) is 5. The summed E-state index contributed by atoms with van der Waals surface area (Å²) in [5.41, 5.74) is 6.14. The van der Waals surface area contributed by atoms with Gasteiger partial charge in [0.15, 0.2) is 10.8 Å². The summed E-state index contributed by atoms with van der Waals surface area (Å²) in [4.78, 5) is 39.4. The smallest absolute Gasteiger partial charge is 0.272 e. The molecule has 0 unspecified atom stereocenters. The average molecular weight is 470 g/mol. The van der Waals surface area contributed by atoms with Gasteiger partial charge in [0.2, 0.25) is 0 Å². The minimum Gasteiger partial charge on any atom is -0.272 e. The lowest BCUT2D eigenvalue weighted by atomic mass is 10.1. The van der Waals surface area contributed by atoms with Crippen molar-refractivity contribution in [2.75, 3.05) is 0 Å². The van der Waals surface area contributed by atoms with Crippen molar-refractivity contribution in [3.05, 3.63) is 104 Å². The van der Waals surface area contributed by atoms with Crippen molar-refractivity contribution in [3.8, 4) is 5.69 Å². The maximum absolute atomic E-state index is 13.1. The number of thioether (sulfide) groups is 1. The van der Waals surface area contributed by atoms with Crippen molar-refractivity contribution in [1.82, 2.24) is 23.9 Å². The molecule has 4 heterocycles. The third-order valence-electron chi connectivity index (χ3n) is 5.93. The lowest BCUT2D eigenvalue weighted by molar-refractivity contribution is 0.828. The molecule has 170 valence electrons. The van der Waals surface area contributed by atoms with Crippen LogP contribution in [0, 0.1) is 27.7 Å². The summed E-state index contributed by atoms with van der Waals surface area (Å²) in [5.74, 6) is 0.383. The predicted octanol–water partition coefficient (Wildman–Crippen LogP) is 4.31. The van der Waals surface area contributed by atoms with Crippen LogP contribution in [-0.2, 0) is 5.75 Å². The summed E-state index contributed by atoms with van der Waals surface area (Å²) in [6.07, 6.45) is 1.70. The number of pyridine rings is 2. The van der Waals surface area contributed by atoms with Crippen molar-refractivity contribution >= 4 is 28.4 Å². The Labute approximate surface area is 200 Å². The zero-order valence-corrected chi connectivity index (χ0v) is 20.2. The van der Waals surface area contributed by atoms with Gasteiger partial charge in [0.25, 0.3) is 11.1 Å². The minimum atomic E-state index is -0.310. The molecule has 0 radical (unpaired) electrons. The van der Waals surface area contributed by atoms with E-state index >= 15 is 0 Å². The molecule has 0 saturated carbocycles. The zero-order chi connectivity index (χ0) is 24.0. The Balaban J connectivity index is 1.70. The number of benzene rings is 1. The second kappa shape index (κ2) is 8.53. The van der Waals surface area contributed by atoms with Crippen LogP contribution in [0.3, 0.4) is 0 Å². The van der Waals surface area contributed by atoms with E-state index in [1.807, 2.05) is 42.7 Å². The molecule has 1 aromatic carbocycles. The van der Waals surface area contributed by atoms with Crippen LogP contribution in [0.5, 0.6) is 0 Å². The maximum Gasteiger partial charge on any atom is 0.283 e. The van der Waals surface area contributed by atoms with E-state index in [9.17, 15) is 9.59 Å². The van der Waals surface area contributed by atoms with Gasteiger partial charge in [-0.3, -0.25) is 18.6 Å². The van der Waals surface area contributed by atoms with E-state index in [-0.39, 0.29) is 11.1 Å². The Bertz CT molecular complexity index is 1700. The molecule has 0 saturated heterocycles. The monoisotopic (exact) mass is 469 g/mol. The Morgan fingerprint density at radius 3 is 2.53 bits per heavy atom. The Morgan fingerprint density at radius 2 is 1.71 bits per heavy atom. The molecular formula is C26H23N5O2S. The SMILES string of the molecule is Cc1cc(C)c2c(=O)nc(SCc3cc(=O)n4ccccc4n3)n(-c3cccc(C)c3C)c2n1. The van der Waals surface area contributed by atoms with E-state index in [1.165, 1.54) is 22.2 Å². The zero-order valence-electron chi connectivity index (χ0n) is 19.4. The molecule has 0 fully saturated rings. The predicted molar refractivity (Wildman–Crippen MR) is 135 cm³/mol. The summed E-state index contributed by atoms with van der Waals surface area (Å²) in [7, 11) is 0. The summed E-state index contributed by atoms with van der Waals surface area (Å²) < 4.78 is 3.46. The normalized spacial score (nSPS) is 11.4. The van der Waals surface area contributed by atoms with Gasteiger partial charge in [-0.05, 0) is 68.7 Å². The van der Waals surface area contributed by atoms with Gasteiger partial charge in [0.05, 0.1) is 16.8 Å². The van der Waals surface area contributed by atoms with Crippen LogP contribution in [0.4, 0.5) is 0 Å². The van der Waals surface area contributed by atoms with Crippen LogP contribution in [-0.4, -0.2) is 23.9 Å². The third-order valence-corrected chi connectivity index (χ3v) is 6.90. The van der Waals surface area contributed by atoms with Crippen LogP contribution in [0.2, 0.25) is 0 Å². The molecule has 0 atom stereocenters. The van der Waals surface area contributed by atoms with Gasteiger partial charge in [-0.15, -0.1) is 0 Å². The number of hydrogen-bond donors (Lipinski definition) is 0. The molecule has 0 spiro atoms. The quantitative estimate of drug-likeness (QED) is 0.288. The molecule has 4 aromatic heterocycles. The highest BCUT2D eigenvalue weighted by molar-refractivity contribution is 7.98. The van der Waals surface area contributed by atoms with E-state index in [0.29, 0.717) is 33.3 Å². The summed E-state index contributed by atoms with van der Waals surface area (Å²) in [6.45, 7) is 7.94. The largest absolute Gasteiger partial charge is 0.283 e. The fourth-order valence-corrected chi connectivity index (χ4v) is 5.02. The lowest BCUT2D eigenvalue weighted by Crippen LogP contribution is -2.19. The average Bonchev–Trinajstić information content (AvgIpc) is 2.79. The standard InChI is InChI=1S/C26H23N5O2S/c1-15-8-7-9-20(18(15)4)31-24-23(16(2)12-17(3)27-24)25(33)29-26(31)34-14-19-13-22(32)30-11-6-5-10-21(30)28-19/h5-13H,14H2,1-4H3. The first kappa shape index (κ1) is 22.0. The first-order valence-corrected chi connectivity index (χ1v) is 11.9. The maximum atomic E-state index is 13.1. The second-order valence-electron chi connectivity index (χ2n) is 8.34. The van der Waals surface area contributed by atoms with Gasteiger partial charge in [-0.1, -0.05) is 30.0 Å². The molecule has 0 bridgehead atoms. The molecule has 0 amide bonds. The molecule has 0 aliphatic rings. The first-order chi connectivity index (χ1) is 16.3. The molecule has 0 aliphatic carbocycles. The molecule has 0 aliphatic heterocycles. The van der Waals surface area contributed by atoms with Crippen LogP contribution < -0.4 is 11.1 Å². The highest BCUT2D eigenvalue weighted by atomic mass is 32.2. The van der Waals surface area contributed by atoms with Crippen molar-refractivity contribution in [2.24, 2.45) is 0 Å². The minimum absolute atomic E-state index is 0.146. The van der Waals surface area contributed by atoms with Gasteiger partial charge in [0, 0.05) is 23.7 Å². The van der Waals surface area contributed by atoms with E-state index in [2.05, 4.69) is 29.9 Å². The van der Waals surface area contributed by atoms with E-state index < -0.39 is 0 Å². The number of hydrogen-bond acceptors (Lipinski definition) is 6. The van der Waals surface area contributed by atoms with Gasteiger partial charge in [-0.2, -0.15) is 4.98 Å². The summed E-state index contributed by atoms with van der Waals surface area (Å²) >= 11 is 1.37. The molecule has 8 heteroatoms. The van der Waals surface area contributed by atoms with Crippen molar-refractivity contribution < 1.29 is 0 Å². The third kappa shape index (κ3) is 3.80. The van der Waals surface area contributed by atoms with Crippen molar-refractivity contribution in [3.63, 3.8) is 0 Å². The van der Waals surface area contributed by atoms with Gasteiger partial charge in [0.1, 0.15) is 5.65 Å². The number of fused-ring (bicyclic) bond motifs is 2. The molecule has 34 heavy (non-hydrogen) atoms. The highest BCUT2D eigenvalue weighted by Gasteiger charge is 2.18. The van der Waals surface area contributed by atoms with Crippen molar-refractivity contribution in [2.45, 2.75) is 38.6 Å². The number of rotatable bonds is 4. The molecule has 5 aromatic rings. The van der Waals surface area contributed by atoms with Gasteiger partial charge >= 0.3 is 0 Å². The van der Waals surface area contributed by atoms with Crippen molar-refractivity contribution in [1.29, 1.82) is 0 Å². The Kier molecular flexibility index (Phi) is 5.53. The van der Waals surface area contributed by atoms with Crippen LogP contribution >= 0.6 is 11.8 Å². The van der Waals surface area contributed by atoms with Crippen LogP contribution in [0.25, 0.3) is 22.4 Å². The Morgan fingerprint density at radius 1 is 0.882 bits per heavy atom. The molecule has 0 N–H and O–H groups in total. The van der Waals surface area contributed by atoms with Gasteiger partial charge in [-0.25, -0.2) is 9.97 Å². The Hall–Kier alpha value is -3.78. The van der Waals surface area contributed by atoms with E-state index in [4.69, 9.17) is 4.98 Å². The van der Waals surface area contributed by atoms with Crippen LogP contribution in [0.15, 0.2) is 69.5 Å². The number of aromatic nitrogens is 5. The lowest BCUT2D eigenvalue weighted by Gasteiger charge is -2.18. The number of aryl methyl sites for hydroxylation is 3. The van der Waals surface area contributed by atoms with Gasteiger partial charge < -0.3 is 0 Å². The molecule has 7 nitrogen and oxygen atoms in total.